The smallest absolute Gasteiger partial charge is 0.170 e. The third kappa shape index (κ3) is 3.31. The molecule has 146 valence electrons. The maximum absolute atomic E-state index is 13.4. The molecule has 0 saturated carbocycles. The summed E-state index contributed by atoms with van der Waals surface area (Å²) < 4.78 is 32.0. The molecule has 1 saturated heterocycles. The molecular weight excluding hydrogens is 360 g/mol. The third-order valence-electron chi connectivity index (χ3n) is 6.19. The first kappa shape index (κ1) is 17.8. The molecule has 0 amide bonds. The Kier molecular flexibility index (Phi) is 4.61. The number of halogens is 2. The fourth-order valence-corrected chi connectivity index (χ4v) is 4.63. The van der Waals surface area contributed by atoms with Gasteiger partial charge in [-0.25, -0.2) is 8.78 Å². The van der Waals surface area contributed by atoms with Gasteiger partial charge in [-0.1, -0.05) is 11.2 Å². The first-order valence-electron chi connectivity index (χ1n) is 9.96. The quantitative estimate of drug-likeness (QED) is 0.719. The summed E-state index contributed by atoms with van der Waals surface area (Å²) in [5.41, 5.74) is 3.80. The Labute approximate surface area is 162 Å². The summed E-state index contributed by atoms with van der Waals surface area (Å²) in [5.74, 6) is -0.0995. The number of hydrogen-bond donors (Lipinski definition) is 1. The number of rotatable bonds is 4. The van der Waals surface area contributed by atoms with E-state index in [1.165, 1.54) is 17.7 Å². The average molecular weight is 383 g/mol. The largest absolute Gasteiger partial charge is 0.356 e. The number of hydrogen-bond acceptors (Lipinski definition) is 4. The fraction of sp³-hybridized carbons (Fsp3) is 0.409. The Morgan fingerprint density at radius 2 is 1.86 bits per heavy atom. The number of aromatic nitrogens is 1. The van der Waals surface area contributed by atoms with Crippen molar-refractivity contribution in [3.8, 4) is 0 Å². The molecule has 0 spiro atoms. The number of benzene rings is 2. The zero-order chi connectivity index (χ0) is 19.1. The summed E-state index contributed by atoms with van der Waals surface area (Å²) in [6, 6.07) is 10.1. The number of nitrogens with one attached hydrogen (secondary N) is 1. The van der Waals surface area contributed by atoms with E-state index >= 15 is 0 Å². The van der Waals surface area contributed by atoms with Crippen molar-refractivity contribution in [2.75, 3.05) is 19.6 Å². The van der Waals surface area contributed by atoms with Gasteiger partial charge >= 0.3 is 0 Å². The van der Waals surface area contributed by atoms with Gasteiger partial charge in [0.2, 0.25) is 0 Å². The topological polar surface area (TPSA) is 41.3 Å². The van der Waals surface area contributed by atoms with Crippen molar-refractivity contribution in [1.82, 2.24) is 15.4 Å². The monoisotopic (exact) mass is 383 g/mol. The van der Waals surface area contributed by atoms with Crippen LogP contribution in [0.15, 0.2) is 40.9 Å². The lowest BCUT2D eigenvalue weighted by molar-refractivity contribution is 0.200. The summed E-state index contributed by atoms with van der Waals surface area (Å²) >= 11 is 0. The van der Waals surface area contributed by atoms with Gasteiger partial charge in [0, 0.05) is 30.0 Å². The van der Waals surface area contributed by atoms with Crippen molar-refractivity contribution in [2.24, 2.45) is 0 Å². The van der Waals surface area contributed by atoms with Crippen LogP contribution in [0.1, 0.15) is 48.0 Å². The molecule has 1 fully saturated rings. The number of nitrogens with zero attached hydrogens (tertiary/aromatic N) is 2. The maximum Gasteiger partial charge on any atom is 0.170 e. The number of likely N-dealkylation sites (tertiary alicyclic amines) is 1. The van der Waals surface area contributed by atoms with E-state index < -0.39 is 0 Å². The van der Waals surface area contributed by atoms with E-state index in [9.17, 15) is 8.78 Å². The first-order chi connectivity index (χ1) is 13.7. The molecular formula is C22H23F2N3O. The highest BCUT2D eigenvalue weighted by Gasteiger charge is 2.27. The minimum Gasteiger partial charge on any atom is -0.356 e. The van der Waals surface area contributed by atoms with Crippen LogP contribution in [0.4, 0.5) is 8.78 Å². The fourth-order valence-electron chi connectivity index (χ4n) is 4.63. The van der Waals surface area contributed by atoms with Crippen LogP contribution in [0.25, 0.3) is 11.0 Å². The van der Waals surface area contributed by atoms with Crippen molar-refractivity contribution in [1.29, 1.82) is 0 Å². The standard InChI is InChI=1S/C22H23F2N3O/c23-16-1-3-18-15(11-16)13-25-20(18)7-10-27-8-5-14(6-9-27)22-19-4-2-17(24)12-21(19)28-26-22/h1-4,11-12,14,20,25H,5-10,13H2. The van der Waals surface area contributed by atoms with Gasteiger partial charge in [0.1, 0.15) is 11.6 Å². The number of fused-ring (bicyclic) bond motifs is 2. The van der Waals surface area contributed by atoms with Crippen LogP contribution in [0.5, 0.6) is 0 Å². The molecule has 5 rings (SSSR count). The van der Waals surface area contributed by atoms with Gasteiger partial charge in [0.25, 0.3) is 0 Å². The predicted octanol–water partition coefficient (Wildman–Crippen LogP) is 4.52. The SMILES string of the molecule is Fc1ccc2c(c1)CNC2CCN1CCC(c2noc3cc(F)ccc23)CC1. The Morgan fingerprint density at radius 1 is 1.07 bits per heavy atom. The summed E-state index contributed by atoms with van der Waals surface area (Å²) in [5, 5.41) is 8.65. The predicted molar refractivity (Wildman–Crippen MR) is 103 cm³/mol. The van der Waals surface area contributed by atoms with E-state index in [0.29, 0.717) is 17.5 Å². The highest BCUT2D eigenvalue weighted by atomic mass is 19.1. The summed E-state index contributed by atoms with van der Waals surface area (Å²) in [6.45, 7) is 3.80. The molecule has 1 aromatic heterocycles. The van der Waals surface area contributed by atoms with Crippen LogP contribution < -0.4 is 5.32 Å². The van der Waals surface area contributed by atoms with Crippen LogP contribution in [0.3, 0.4) is 0 Å². The maximum atomic E-state index is 13.4. The summed E-state index contributed by atoms with van der Waals surface area (Å²) in [7, 11) is 0. The molecule has 0 radical (unpaired) electrons. The molecule has 4 nitrogen and oxygen atoms in total. The molecule has 3 heterocycles. The van der Waals surface area contributed by atoms with Crippen molar-refractivity contribution in [3.05, 3.63) is 64.9 Å². The molecule has 0 bridgehead atoms. The highest BCUT2D eigenvalue weighted by molar-refractivity contribution is 5.79. The van der Waals surface area contributed by atoms with Gasteiger partial charge in [0.15, 0.2) is 5.58 Å². The van der Waals surface area contributed by atoms with Crippen LogP contribution >= 0.6 is 0 Å². The van der Waals surface area contributed by atoms with Crippen molar-refractivity contribution >= 4 is 11.0 Å². The third-order valence-corrected chi connectivity index (χ3v) is 6.19. The molecule has 2 aromatic carbocycles. The molecule has 6 heteroatoms. The zero-order valence-corrected chi connectivity index (χ0v) is 15.6. The van der Waals surface area contributed by atoms with E-state index in [1.54, 1.807) is 18.2 Å². The lowest BCUT2D eigenvalue weighted by atomic mass is 9.91. The Morgan fingerprint density at radius 3 is 2.71 bits per heavy atom. The molecule has 1 atom stereocenters. The average Bonchev–Trinajstić information content (AvgIpc) is 3.30. The minimum atomic E-state index is -0.296. The second-order valence-electron chi connectivity index (χ2n) is 7.89. The van der Waals surface area contributed by atoms with Crippen LogP contribution in [0.2, 0.25) is 0 Å². The van der Waals surface area contributed by atoms with Gasteiger partial charge in [0.05, 0.1) is 5.69 Å². The van der Waals surface area contributed by atoms with E-state index in [1.807, 2.05) is 6.07 Å². The minimum absolute atomic E-state index is 0.161. The normalized spacial score (nSPS) is 20.7. The molecule has 2 aliphatic heterocycles. The summed E-state index contributed by atoms with van der Waals surface area (Å²) in [4.78, 5) is 2.49. The molecule has 28 heavy (non-hydrogen) atoms. The Hall–Kier alpha value is -2.31. The Balaban J connectivity index is 1.18. The van der Waals surface area contributed by atoms with Gasteiger partial charge < -0.3 is 14.7 Å². The van der Waals surface area contributed by atoms with Crippen molar-refractivity contribution in [3.63, 3.8) is 0 Å². The molecule has 1 N–H and O–H groups in total. The lowest BCUT2D eigenvalue weighted by Gasteiger charge is -2.31. The van der Waals surface area contributed by atoms with E-state index in [0.717, 1.165) is 62.1 Å². The van der Waals surface area contributed by atoms with E-state index in [4.69, 9.17) is 4.52 Å². The second-order valence-corrected chi connectivity index (χ2v) is 7.89. The lowest BCUT2D eigenvalue weighted by Crippen LogP contribution is -2.35. The van der Waals surface area contributed by atoms with Gasteiger partial charge in [-0.15, -0.1) is 0 Å². The Bertz CT molecular complexity index is 995. The first-order valence-corrected chi connectivity index (χ1v) is 9.96. The second kappa shape index (κ2) is 7.26. The highest BCUT2D eigenvalue weighted by Crippen LogP contribution is 2.34. The van der Waals surface area contributed by atoms with Gasteiger partial charge in [-0.05, 0) is 74.3 Å². The van der Waals surface area contributed by atoms with E-state index in [-0.39, 0.29) is 11.6 Å². The summed E-state index contributed by atoms with van der Waals surface area (Å²) in [6.07, 6.45) is 3.08. The molecule has 1 unspecified atom stereocenters. The van der Waals surface area contributed by atoms with Crippen molar-refractivity contribution in [2.45, 2.75) is 37.8 Å². The van der Waals surface area contributed by atoms with Crippen molar-refractivity contribution < 1.29 is 13.3 Å². The molecule has 0 aliphatic carbocycles. The zero-order valence-electron chi connectivity index (χ0n) is 15.6. The van der Waals surface area contributed by atoms with Crippen LogP contribution in [0, 0.1) is 11.6 Å². The van der Waals surface area contributed by atoms with E-state index in [2.05, 4.69) is 15.4 Å². The van der Waals surface area contributed by atoms with Gasteiger partial charge in [-0.2, -0.15) is 0 Å². The van der Waals surface area contributed by atoms with Crippen LogP contribution in [-0.4, -0.2) is 29.7 Å². The molecule has 2 aliphatic rings. The molecule has 3 aromatic rings. The van der Waals surface area contributed by atoms with Crippen LogP contribution in [-0.2, 0) is 6.54 Å². The number of piperidine rings is 1. The van der Waals surface area contributed by atoms with Gasteiger partial charge in [-0.3, -0.25) is 0 Å².